The highest BCUT2D eigenvalue weighted by molar-refractivity contribution is 6.42. The van der Waals surface area contributed by atoms with E-state index in [1.807, 2.05) is 17.0 Å². The molecule has 6 rings (SSSR count). The molecule has 1 saturated carbocycles. The van der Waals surface area contributed by atoms with Crippen molar-refractivity contribution in [3.8, 4) is 5.75 Å². The van der Waals surface area contributed by atoms with Crippen LogP contribution in [0.3, 0.4) is 0 Å². The van der Waals surface area contributed by atoms with Crippen LogP contribution in [0.4, 0.5) is 8.78 Å². The van der Waals surface area contributed by atoms with Gasteiger partial charge in [-0.3, -0.25) is 4.79 Å². The molecule has 3 aromatic rings. The summed E-state index contributed by atoms with van der Waals surface area (Å²) in [6.07, 6.45) is 3.98. The van der Waals surface area contributed by atoms with E-state index in [-0.39, 0.29) is 41.4 Å². The lowest BCUT2D eigenvalue weighted by Gasteiger charge is -2.41. The maximum atomic E-state index is 14.3. The molecule has 0 unspecified atom stereocenters. The molecule has 3 aromatic carbocycles. The van der Waals surface area contributed by atoms with Crippen LogP contribution in [0.15, 0.2) is 60.2 Å². The average Bonchev–Trinajstić information content (AvgIpc) is 3.85. The standard InChI is InChI=1S/C33H32Cl3F2N3O2/c34-25-5-1-4-21(30(25)35)18-41(23-10-11-23)33(42)29-24(15-22-16-39-17-28(29)40-22)20-8-6-19(7-9-20)3-2-14-43-32-27(38)13-12-26(37)31(32)36/h1,4-9,12-13,22-23,28,39-40H,2-3,10-11,14-18H2/t22-,28+/m0/s1. The molecule has 1 aliphatic carbocycles. The average molecular weight is 647 g/mol. The Labute approximate surface area is 265 Å². The molecule has 226 valence electrons. The maximum Gasteiger partial charge on any atom is 0.252 e. The quantitative estimate of drug-likeness (QED) is 0.181. The van der Waals surface area contributed by atoms with E-state index < -0.39 is 11.6 Å². The van der Waals surface area contributed by atoms with Crippen LogP contribution in [-0.4, -0.2) is 48.6 Å². The molecule has 2 atom stereocenters. The van der Waals surface area contributed by atoms with Crippen molar-refractivity contribution in [2.45, 2.75) is 56.8 Å². The monoisotopic (exact) mass is 645 g/mol. The van der Waals surface area contributed by atoms with Gasteiger partial charge >= 0.3 is 0 Å². The minimum Gasteiger partial charge on any atom is -0.489 e. The summed E-state index contributed by atoms with van der Waals surface area (Å²) in [7, 11) is 0. The fourth-order valence-electron chi connectivity index (χ4n) is 5.96. The lowest BCUT2D eigenvalue weighted by Crippen LogP contribution is -2.60. The van der Waals surface area contributed by atoms with Crippen LogP contribution in [-0.2, 0) is 17.8 Å². The first-order valence-corrected chi connectivity index (χ1v) is 15.7. The molecule has 2 fully saturated rings. The van der Waals surface area contributed by atoms with Crippen LogP contribution < -0.4 is 15.4 Å². The number of aryl methyl sites for hydroxylation is 1. The van der Waals surface area contributed by atoms with Crippen molar-refractivity contribution in [2.75, 3.05) is 19.7 Å². The molecule has 3 aliphatic rings. The van der Waals surface area contributed by atoms with Crippen LogP contribution >= 0.6 is 34.8 Å². The first-order valence-electron chi connectivity index (χ1n) is 14.6. The van der Waals surface area contributed by atoms with Gasteiger partial charge in [-0.05, 0) is 72.6 Å². The van der Waals surface area contributed by atoms with Gasteiger partial charge in [-0.2, -0.15) is 0 Å². The highest BCUT2D eigenvalue weighted by atomic mass is 35.5. The van der Waals surface area contributed by atoms with E-state index in [9.17, 15) is 13.6 Å². The van der Waals surface area contributed by atoms with E-state index in [2.05, 4.69) is 34.9 Å². The fourth-order valence-corrected chi connectivity index (χ4v) is 6.55. The molecule has 1 saturated heterocycles. The van der Waals surface area contributed by atoms with Crippen molar-refractivity contribution >= 4 is 46.3 Å². The van der Waals surface area contributed by atoms with Crippen LogP contribution in [0.25, 0.3) is 5.57 Å². The fraction of sp³-hybridized carbons (Fsp3) is 0.364. The molecule has 2 aliphatic heterocycles. The number of rotatable bonds is 10. The Morgan fingerprint density at radius 2 is 1.72 bits per heavy atom. The zero-order valence-electron chi connectivity index (χ0n) is 23.4. The Hall–Kier alpha value is -2.68. The van der Waals surface area contributed by atoms with E-state index in [4.69, 9.17) is 39.5 Å². The zero-order valence-corrected chi connectivity index (χ0v) is 25.7. The Kier molecular flexibility index (Phi) is 9.27. The number of ether oxygens (including phenoxy) is 1. The molecule has 43 heavy (non-hydrogen) atoms. The predicted molar refractivity (Wildman–Crippen MR) is 167 cm³/mol. The van der Waals surface area contributed by atoms with E-state index in [1.54, 1.807) is 6.07 Å². The van der Waals surface area contributed by atoms with Gasteiger partial charge in [-0.15, -0.1) is 0 Å². The van der Waals surface area contributed by atoms with Gasteiger partial charge in [0, 0.05) is 37.3 Å². The number of carbonyl (C=O) groups excluding carboxylic acids is 1. The number of amides is 1. The zero-order chi connectivity index (χ0) is 30.1. The molecule has 2 N–H and O–H groups in total. The summed E-state index contributed by atoms with van der Waals surface area (Å²) in [4.78, 5) is 16.3. The number of nitrogens with zero attached hydrogens (tertiary/aromatic N) is 1. The van der Waals surface area contributed by atoms with Gasteiger partial charge in [0.2, 0.25) is 0 Å². The number of fused-ring (bicyclic) bond motifs is 2. The summed E-state index contributed by atoms with van der Waals surface area (Å²) in [6.45, 7) is 2.14. The summed E-state index contributed by atoms with van der Waals surface area (Å²) in [6, 6.07) is 16.1. The number of carbonyl (C=O) groups is 1. The van der Waals surface area contributed by atoms with Gasteiger partial charge in [-0.1, -0.05) is 71.2 Å². The Morgan fingerprint density at radius 3 is 2.49 bits per heavy atom. The van der Waals surface area contributed by atoms with Gasteiger partial charge in [0.05, 0.1) is 22.7 Å². The molecule has 0 aromatic heterocycles. The molecular formula is C33H32Cl3F2N3O2. The van der Waals surface area contributed by atoms with Crippen molar-refractivity contribution in [2.24, 2.45) is 0 Å². The normalized spacial score (nSPS) is 19.8. The number of hydrogen-bond acceptors (Lipinski definition) is 4. The van der Waals surface area contributed by atoms with Gasteiger partial charge in [-0.25, -0.2) is 8.78 Å². The summed E-state index contributed by atoms with van der Waals surface area (Å²) in [5.74, 6) is -1.62. The van der Waals surface area contributed by atoms with Crippen LogP contribution in [0.5, 0.6) is 5.75 Å². The number of benzene rings is 3. The van der Waals surface area contributed by atoms with E-state index >= 15 is 0 Å². The summed E-state index contributed by atoms with van der Waals surface area (Å²) in [5.41, 5.74) is 4.85. The Bertz CT molecular complexity index is 1550. The molecule has 2 heterocycles. The maximum absolute atomic E-state index is 14.3. The Morgan fingerprint density at radius 1 is 0.953 bits per heavy atom. The van der Waals surface area contributed by atoms with Crippen LogP contribution in [0.1, 0.15) is 42.4 Å². The molecule has 10 heteroatoms. The lowest BCUT2D eigenvalue weighted by molar-refractivity contribution is -0.128. The van der Waals surface area contributed by atoms with Crippen molar-refractivity contribution in [1.82, 2.24) is 15.5 Å². The van der Waals surface area contributed by atoms with Crippen LogP contribution in [0, 0.1) is 11.6 Å². The SMILES string of the molecule is O=C(C1=C(c2ccc(CCCOc3c(F)ccc(F)c3Cl)cc2)C[C@H]2CNC[C@H]1N2)N(Cc1cccc(Cl)c1Cl)C1CC1. The van der Waals surface area contributed by atoms with Gasteiger partial charge in [0.15, 0.2) is 11.6 Å². The second-order valence-corrected chi connectivity index (χ2v) is 12.5. The minimum absolute atomic E-state index is 0.0395. The van der Waals surface area contributed by atoms with Crippen molar-refractivity contribution in [3.63, 3.8) is 0 Å². The third-order valence-corrected chi connectivity index (χ3v) is 9.52. The van der Waals surface area contributed by atoms with Gasteiger partial charge in [0.1, 0.15) is 10.8 Å². The third kappa shape index (κ3) is 6.71. The summed E-state index contributed by atoms with van der Waals surface area (Å²) < 4.78 is 33.1. The molecule has 2 bridgehead atoms. The predicted octanol–water partition coefficient (Wildman–Crippen LogP) is 7.22. The second kappa shape index (κ2) is 13.1. The molecule has 5 nitrogen and oxygen atoms in total. The minimum atomic E-state index is -0.716. The number of hydrogen-bond donors (Lipinski definition) is 2. The largest absolute Gasteiger partial charge is 0.489 e. The van der Waals surface area contributed by atoms with Crippen molar-refractivity contribution in [3.05, 3.63) is 104 Å². The van der Waals surface area contributed by atoms with Crippen molar-refractivity contribution < 1.29 is 18.3 Å². The molecular weight excluding hydrogens is 615 g/mol. The first-order chi connectivity index (χ1) is 20.8. The highest BCUT2D eigenvalue weighted by Gasteiger charge is 2.41. The highest BCUT2D eigenvalue weighted by Crippen LogP contribution is 2.38. The molecule has 0 spiro atoms. The summed E-state index contributed by atoms with van der Waals surface area (Å²) >= 11 is 18.7. The molecule has 1 amide bonds. The van der Waals surface area contributed by atoms with Crippen LogP contribution in [0.2, 0.25) is 15.1 Å². The number of halogens is 5. The smallest absolute Gasteiger partial charge is 0.252 e. The number of nitrogens with one attached hydrogen (secondary N) is 2. The van der Waals surface area contributed by atoms with Gasteiger partial charge in [0.25, 0.3) is 5.91 Å². The van der Waals surface area contributed by atoms with Gasteiger partial charge < -0.3 is 20.3 Å². The Balaban J connectivity index is 1.20. The topological polar surface area (TPSA) is 53.6 Å². The molecule has 0 radical (unpaired) electrons. The van der Waals surface area contributed by atoms with E-state index in [0.717, 1.165) is 65.8 Å². The van der Waals surface area contributed by atoms with Crippen molar-refractivity contribution in [1.29, 1.82) is 0 Å². The lowest BCUT2D eigenvalue weighted by atomic mass is 9.83. The van der Waals surface area contributed by atoms with E-state index in [0.29, 0.717) is 36.0 Å². The third-order valence-electron chi connectivity index (χ3n) is 8.31. The summed E-state index contributed by atoms with van der Waals surface area (Å²) in [5, 5.41) is 7.77. The van der Waals surface area contributed by atoms with E-state index in [1.165, 1.54) is 0 Å². The first kappa shape index (κ1) is 30.4. The second-order valence-electron chi connectivity index (χ2n) is 11.4. The number of piperazine rings is 1.